The van der Waals surface area contributed by atoms with E-state index in [0.717, 1.165) is 21.4 Å². The second-order valence-corrected chi connectivity index (χ2v) is 6.75. The smallest absolute Gasteiger partial charge is 0.164 e. The summed E-state index contributed by atoms with van der Waals surface area (Å²) < 4.78 is 1.07. The zero-order chi connectivity index (χ0) is 11.9. The highest BCUT2D eigenvalue weighted by molar-refractivity contribution is 9.10. The number of rotatable bonds is 1. The highest BCUT2D eigenvalue weighted by atomic mass is 79.9. The van der Waals surface area contributed by atoms with Gasteiger partial charge in [0, 0.05) is 21.4 Å². The maximum absolute atomic E-state index is 12.2. The molecule has 0 aromatic heterocycles. The van der Waals surface area contributed by atoms with Crippen LogP contribution in [0.3, 0.4) is 0 Å². The summed E-state index contributed by atoms with van der Waals surface area (Å²) in [6.07, 6.45) is 3.66. The molecule has 1 aliphatic carbocycles. The molecular weight excluding hydrogens is 284 g/mol. The molecule has 0 bridgehead atoms. The lowest BCUT2D eigenvalue weighted by atomic mass is 9.74. The summed E-state index contributed by atoms with van der Waals surface area (Å²) in [4.78, 5) is 13.3. The molecule has 0 N–H and O–H groups in total. The third-order valence-electron chi connectivity index (χ3n) is 3.01. The van der Waals surface area contributed by atoms with Crippen molar-refractivity contribution < 1.29 is 4.79 Å². The van der Waals surface area contributed by atoms with Crippen LogP contribution in [0.2, 0.25) is 0 Å². The van der Waals surface area contributed by atoms with Gasteiger partial charge in [-0.1, -0.05) is 29.8 Å². The van der Waals surface area contributed by atoms with Gasteiger partial charge in [-0.05, 0) is 35.8 Å². The Labute approximate surface area is 109 Å². The Bertz CT molecular complexity index is 451. The third-order valence-corrected chi connectivity index (χ3v) is 4.53. The van der Waals surface area contributed by atoms with Crippen molar-refractivity contribution >= 4 is 33.5 Å². The van der Waals surface area contributed by atoms with E-state index in [4.69, 9.17) is 0 Å². The van der Waals surface area contributed by atoms with Gasteiger partial charge < -0.3 is 0 Å². The van der Waals surface area contributed by atoms with Crippen LogP contribution in [0.5, 0.6) is 0 Å². The van der Waals surface area contributed by atoms with Crippen molar-refractivity contribution in [3.63, 3.8) is 0 Å². The molecule has 0 heterocycles. The zero-order valence-electron chi connectivity index (χ0n) is 9.76. The van der Waals surface area contributed by atoms with Crippen LogP contribution in [0.15, 0.2) is 21.5 Å². The van der Waals surface area contributed by atoms with E-state index < -0.39 is 0 Å². The van der Waals surface area contributed by atoms with Gasteiger partial charge in [-0.2, -0.15) is 0 Å². The fourth-order valence-electron chi connectivity index (χ4n) is 2.31. The number of carbonyl (C=O) groups excluding carboxylic acids is 1. The zero-order valence-corrected chi connectivity index (χ0v) is 12.2. The van der Waals surface area contributed by atoms with E-state index in [1.807, 2.05) is 12.3 Å². The molecule has 0 spiro atoms. The molecule has 1 nitrogen and oxygen atoms in total. The van der Waals surface area contributed by atoms with Gasteiger partial charge in [-0.15, -0.1) is 11.8 Å². The van der Waals surface area contributed by atoms with Crippen molar-refractivity contribution in [1.82, 2.24) is 0 Å². The number of halogens is 1. The Morgan fingerprint density at radius 1 is 1.31 bits per heavy atom. The van der Waals surface area contributed by atoms with E-state index >= 15 is 0 Å². The maximum Gasteiger partial charge on any atom is 0.164 e. The van der Waals surface area contributed by atoms with Crippen LogP contribution < -0.4 is 0 Å². The van der Waals surface area contributed by atoms with Crippen LogP contribution in [-0.2, 0) is 6.42 Å². The van der Waals surface area contributed by atoms with Gasteiger partial charge in [0.1, 0.15) is 0 Å². The van der Waals surface area contributed by atoms with E-state index in [2.05, 4.69) is 35.8 Å². The second-order valence-electron chi connectivity index (χ2n) is 5.04. The number of hydrogen-bond donors (Lipinski definition) is 0. The molecule has 0 fully saturated rings. The number of thioether (sulfide) groups is 1. The van der Waals surface area contributed by atoms with Crippen LogP contribution in [0, 0.1) is 5.41 Å². The van der Waals surface area contributed by atoms with Gasteiger partial charge in [0.25, 0.3) is 0 Å². The van der Waals surface area contributed by atoms with Crippen LogP contribution in [0.1, 0.15) is 36.2 Å². The first-order chi connectivity index (χ1) is 7.44. The third kappa shape index (κ3) is 2.07. The molecule has 3 heteroatoms. The Balaban J connectivity index is 2.63. The first-order valence-corrected chi connectivity index (χ1v) is 7.35. The van der Waals surface area contributed by atoms with Crippen LogP contribution in [0.25, 0.3) is 0 Å². The summed E-state index contributed by atoms with van der Waals surface area (Å²) >= 11 is 5.22. The summed E-state index contributed by atoms with van der Waals surface area (Å²) in [6.45, 7) is 4.32. The van der Waals surface area contributed by atoms with E-state index in [-0.39, 0.29) is 11.2 Å². The number of ketones is 1. The van der Waals surface area contributed by atoms with Crippen molar-refractivity contribution in [2.75, 3.05) is 6.26 Å². The number of Topliss-reactive ketones (excluding diaryl/α,β-unsaturated/α-hetero) is 1. The Morgan fingerprint density at radius 3 is 2.62 bits per heavy atom. The Morgan fingerprint density at radius 2 is 2.00 bits per heavy atom. The van der Waals surface area contributed by atoms with Gasteiger partial charge in [0.2, 0.25) is 0 Å². The molecular formula is C13H15BrOS. The molecule has 0 atom stereocenters. The monoisotopic (exact) mass is 298 g/mol. The highest BCUT2D eigenvalue weighted by Crippen LogP contribution is 2.41. The van der Waals surface area contributed by atoms with E-state index in [1.165, 1.54) is 5.56 Å². The highest BCUT2D eigenvalue weighted by Gasteiger charge is 2.33. The molecule has 0 amide bonds. The Kier molecular flexibility index (Phi) is 3.19. The van der Waals surface area contributed by atoms with Gasteiger partial charge >= 0.3 is 0 Å². The molecule has 0 aliphatic heterocycles. The molecule has 1 aliphatic rings. The van der Waals surface area contributed by atoms with Crippen molar-refractivity contribution in [1.29, 1.82) is 0 Å². The minimum Gasteiger partial charge on any atom is -0.294 e. The number of hydrogen-bond acceptors (Lipinski definition) is 2. The lowest BCUT2D eigenvalue weighted by molar-refractivity contribution is 0.0908. The fourth-order valence-corrected chi connectivity index (χ4v) is 3.43. The van der Waals surface area contributed by atoms with Crippen molar-refractivity contribution in [2.24, 2.45) is 5.41 Å². The average molecular weight is 299 g/mol. The summed E-state index contributed by atoms with van der Waals surface area (Å²) in [5.74, 6) is 0.289. The molecule has 16 heavy (non-hydrogen) atoms. The quantitative estimate of drug-likeness (QED) is 0.718. The second kappa shape index (κ2) is 4.19. The van der Waals surface area contributed by atoms with Gasteiger partial charge in [-0.3, -0.25) is 4.79 Å². The van der Waals surface area contributed by atoms with E-state index in [9.17, 15) is 4.79 Å². The van der Waals surface area contributed by atoms with Gasteiger partial charge in [-0.25, -0.2) is 0 Å². The van der Waals surface area contributed by atoms with Crippen LogP contribution >= 0.6 is 27.7 Å². The number of benzene rings is 1. The van der Waals surface area contributed by atoms with Gasteiger partial charge in [0.15, 0.2) is 5.78 Å². The molecule has 86 valence electrons. The van der Waals surface area contributed by atoms with Crippen molar-refractivity contribution in [3.8, 4) is 0 Å². The summed E-state index contributed by atoms with van der Waals surface area (Å²) in [5.41, 5.74) is 2.22. The summed E-state index contributed by atoms with van der Waals surface area (Å²) in [6, 6.07) is 4.09. The average Bonchev–Trinajstić information content (AvgIpc) is 2.18. The fraction of sp³-hybridized carbons (Fsp3) is 0.462. The van der Waals surface area contributed by atoms with Crippen molar-refractivity contribution in [3.05, 3.63) is 27.7 Å². The Hall–Kier alpha value is -0.280. The first kappa shape index (κ1) is 12.2. The van der Waals surface area contributed by atoms with E-state index in [0.29, 0.717) is 6.42 Å². The molecule has 2 rings (SSSR count). The summed E-state index contributed by atoms with van der Waals surface area (Å²) in [7, 11) is 0. The topological polar surface area (TPSA) is 17.1 Å². The lowest BCUT2D eigenvalue weighted by Gasteiger charge is -2.31. The normalized spacial score (nSPS) is 18.4. The van der Waals surface area contributed by atoms with Gasteiger partial charge in [0.05, 0.1) is 0 Å². The summed E-state index contributed by atoms with van der Waals surface area (Å²) in [5, 5.41) is 0. The predicted molar refractivity (Wildman–Crippen MR) is 72.4 cm³/mol. The molecule has 0 unspecified atom stereocenters. The minimum absolute atomic E-state index is 0.0869. The van der Waals surface area contributed by atoms with Crippen LogP contribution in [-0.4, -0.2) is 12.0 Å². The lowest BCUT2D eigenvalue weighted by Crippen LogP contribution is -2.27. The SMILES string of the molecule is CSc1ccc(Br)c2c1C(=O)CC(C)(C)C2. The first-order valence-electron chi connectivity index (χ1n) is 5.33. The molecule has 1 aromatic carbocycles. The maximum atomic E-state index is 12.2. The predicted octanol–water partition coefficient (Wildman–Crippen LogP) is 4.33. The van der Waals surface area contributed by atoms with Crippen molar-refractivity contribution in [2.45, 2.75) is 31.6 Å². The van der Waals surface area contributed by atoms with Crippen LogP contribution in [0.4, 0.5) is 0 Å². The molecule has 1 aromatic rings. The molecule has 0 saturated carbocycles. The standard InChI is InChI=1S/C13H15BrOS/c1-13(2)6-8-9(14)4-5-11(16-3)12(8)10(15)7-13/h4-5H,6-7H2,1-3H3. The largest absolute Gasteiger partial charge is 0.294 e. The molecule has 0 saturated heterocycles. The number of fused-ring (bicyclic) bond motifs is 1. The van der Waals surface area contributed by atoms with E-state index in [1.54, 1.807) is 11.8 Å². The minimum atomic E-state index is 0.0869. The molecule has 0 radical (unpaired) electrons. The number of carbonyl (C=O) groups is 1.